The van der Waals surface area contributed by atoms with Crippen LogP contribution in [0.1, 0.15) is 10.4 Å². The largest absolute Gasteiger partial charge is 0.478 e. The lowest BCUT2D eigenvalue weighted by molar-refractivity contribution is -0.0304. The number of rotatable bonds is 4. The van der Waals surface area contributed by atoms with Crippen LogP contribution in [0.5, 0.6) is 0 Å². The number of carboxylic acids is 1. The minimum atomic E-state index is -3.82. The van der Waals surface area contributed by atoms with E-state index in [1.165, 1.54) is 16.4 Å². The zero-order valence-electron chi connectivity index (χ0n) is 10.9. The van der Waals surface area contributed by atoms with Gasteiger partial charge < -0.3 is 14.9 Å². The number of carboxylic acid groups (broad SMARTS) is 1. The second-order valence-corrected chi connectivity index (χ2v) is 7.28. The molecule has 2 rings (SSSR count). The van der Waals surface area contributed by atoms with Gasteiger partial charge in [-0.05, 0) is 34.1 Å². The standard InChI is InChI=1S/C12H14BrNO6S/c13-11-2-1-9(5-10(11)12(16)17)21(18,19)14-3-4-20-8(6-14)7-15/h1-2,5,8,15H,3-4,6-7H2,(H,16,17). The number of hydrogen-bond acceptors (Lipinski definition) is 5. The minimum Gasteiger partial charge on any atom is -0.478 e. The molecule has 0 aromatic heterocycles. The van der Waals surface area contributed by atoms with Gasteiger partial charge in [0.05, 0.1) is 29.8 Å². The Bertz CT molecular complexity index is 647. The molecule has 1 aromatic carbocycles. The summed E-state index contributed by atoms with van der Waals surface area (Å²) in [6.07, 6.45) is -0.567. The average Bonchev–Trinajstić information content (AvgIpc) is 2.47. The maximum absolute atomic E-state index is 12.5. The Hall–Kier alpha value is -1.00. The van der Waals surface area contributed by atoms with Gasteiger partial charge >= 0.3 is 5.97 Å². The van der Waals surface area contributed by atoms with Crippen molar-refractivity contribution in [2.75, 3.05) is 26.3 Å². The van der Waals surface area contributed by atoms with Gasteiger partial charge in [-0.15, -0.1) is 0 Å². The molecule has 1 atom stereocenters. The van der Waals surface area contributed by atoms with Gasteiger partial charge in [-0.2, -0.15) is 4.31 Å². The number of aliphatic hydroxyl groups excluding tert-OH is 1. The lowest BCUT2D eigenvalue weighted by Gasteiger charge is -2.31. The van der Waals surface area contributed by atoms with Gasteiger partial charge in [0.1, 0.15) is 0 Å². The van der Waals surface area contributed by atoms with Crippen LogP contribution in [0.4, 0.5) is 0 Å². The highest BCUT2D eigenvalue weighted by Gasteiger charge is 2.31. The van der Waals surface area contributed by atoms with E-state index < -0.39 is 22.1 Å². The molecule has 0 bridgehead atoms. The van der Waals surface area contributed by atoms with E-state index in [1.54, 1.807) is 0 Å². The van der Waals surface area contributed by atoms with E-state index in [0.717, 1.165) is 6.07 Å². The summed E-state index contributed by atoms with van der Waals surface area (Å²) in [5, 5.41) is 18.1. The van der Waals surface area contributed by atoms with Crippen LogP contribution in [0.2, 0.25) is 0 Å². The maximum Gasteiger partial charge on any atom is 0.336 e. The zero-order chi connectivity index (χ0) is 15.6. The molecule has 0 saturated carbocycles. The highest BCUT2D eigenvalue weighted by Crippen LogP contribution is 2.24. The Kier molecular flexibility index (Phi) is 4.99. The predicted molar refractivity (Wildman–Crippen MR) is 76.7 cm³/mol. The Morgan fingerprint density at radius 2 is 2.19 bits per heavy atom. The average molecular weight is 380 g/mol. The van der Waals surface area contributed by atoms with E-state index in [0.29, 0.717) is 4.47 Å². The SMILES string of the molecule is O=C(O)c1cc(S(=O)(=O)N2CCOC(CO)C2)ccc1Br. The molecule has 0 spiro atoms. The number of hydrogen-bond donors (Lipinski definition) is 2. The molecule has 1 aliphatic heterocycles. The van der Waals surface area contributed by atoms with Gasteiger partial charge in [-0.1, -0.05) is 0 Å². The normalized spacial score (nSPS) is 20.4. The Balaban J connectivity index is 2.35. The fraction of sp³-hybridized carbons (Fsp3) is 0.417. The number of morpholine rings is 1. The van der Waals surface area contributed by atoms with Crippen molar-refractivity contribution < 1.29 is 28.2 Å². The third-order valence-corrected chi connectivity index (χ3v) is 5.66. The molecule has 116 valence electrons. The summed E-state index contributed by atoms with van der Waals surface area (Å²) in [5.41, 5.74) is -0.122. The van der Waals surface area contributed by atoms with E-state index in [-0.39, 0.29) is 36.8 Å². The summed E-state index contributed by atoms with van der Waals surface area (Å²) in [7, 11) is -3.82. The second kappa shape index (κ2) is 6.41. The quantitative estimate of drug-likeness (QED) is 0.790. The van der Waals surface area contributed by atoms with Crippen molar-refractivity contribution in [3.63, 3.8) is 0 Å². The highest BCUT2D eigenvalue weighted by molar-refractivity contribution is 9.10. The number of halogens is 1. The molecule has 1 aromatic rings. The highest BCUT2D eigenvalue weighted by atomic mass is 79.9. The van der Waals surface area contributed by atoms with Gasteiger partial charge in [0.15, 0.2) is 0 Å². The van der Waals surface area contributed by atoms with E-state index in [9.17, 15) is 13.2 Å². The number of benzene rings is 1. The lowest BCUT2D eigenvalue weighted by Crippen LogP contribution is -2.46. The number of ether oxygens (including phenoxy) is 1. The number of sulfonamides is 1. The molecule has 1 heterocycles. The maximum atomic E-state index is 12.5. The summed E-state index contributed by atoms with van der Waals surface area (Å²) in [5.74, 6) is -1.21. The summed E-state index contributed by atoms with van der Waals surface area (Å²) >= 11 is 3.07. The first kappa shape index (κ1) is 16.4. The lowest BCUT2D eigenvalue weighted by atomic mass is 10.2. The van der Waals surface area contributed by atoms with Crippen molar-refractivity contribution in [1.82, 2.24) is 4.31 Å². The zero-order valence-corrected chi connectivity index (χ0v) is 13.3. The van der Waals surface area contributed by atoms with Gasteiger partial charge in [0.2, 0.25) is 10.0 Å². The van der Waals surface area contributed by atoms with Crippen molar-refractivity contribution in [3.05, 3.63) is 28.2 Å². The molecule has 1 saturated heterocycles. The fourth-order valence-corrected chi connectivity index (χ4v) is 3.90. The van der Waals surface area contributed by atoms with Crippen LogP contribution in [-0.4, -0.2) is 61.3 Å². The van der Waals surface area contributed by atoms with Crippen LogP contribution in [0, 0.1) is 0 Å². The Morgan fingerprint density at radius 3 is 2.81 bits per heavy atom. The smallest absolute Gasteiger partial charge is 0.336 e. The molecule has 1 unspecified atom stereocenters. The topological polar surface area (TPSA) is 104 Å². The van der Waals surface area contributed by atoms with Gasteiger partial charge in [0.25, 0.3) is 0 Å². The molecule has 2 N–H and O–H groups in total. The van der Waals surface area contributed by atoms with E-state index in [1.807, 2.05) is 0 Å². The summed E-state index contributed by atoms with van der Waals surface area (Å²) in [6.45, 7) is 0.119. The molecule has 9 heteroatoms. The van der Waals surface area contributed by atoms with Crippen LogP contribution >= 0.6 is 15.9 Å². The first-order valence-electron chi connectivity index (χ1n) is 6.11. The number of aliphatic hydroxyl groups is 1. The first-order valence-corrected chi connectivity index (χ1v) is 8.35. The van der Waals surface area contributed by atoms with Crippen LogP contribution < -0.4 is 0 Å². The molecule has 1 aliphatic rings. The molecule has 0 amide bonds. The Labute approximate surface area is 130 Å². The summed E-state index contributed by atoms with van der Waals surface area (Å²) in [4.78, 5) is 11.0. The Morgan fingerprint density at radius 1 is 1.48 bits per heavy atom. The van der Waals surface area contributed by atoms with E-state index in [4.69, 9.17) is 14.9 Å². The predicted octanol–water partition coefficient (Wildman–Crippen LogP) is 0.529. The van der Waals surface area contributed by atoms with Crippen LogP contribution in [0.3, 0.4) is 0 Å². The monoisotopic (exact) mass is 379 g/mol. The third kappa shape index (κ3) is 3.43. The van der Waals surface area contributed by atoms with Crippen molar-refractivity contribution in [1.29, 1.82) is 0 Å². The fourth-order valence-electron chi connectivity index (χ4n) is 2.00. The van der Waals surface area contributed by atoms with Crippen LogP contribution in [0.15, 0.2) is 27.6 Å². The molecule has 0 aliphatic carbocycles. The first-order chi connectivity index (χ1) is 9.86. The third-order valence-electron chi connectivity index (χ3n) is 3.11. The minimum absolute atomic E-state index is 0.0390. The van der Waals surface area contributed by atoms with Crippen molar-refractivity contribution >= 4 is 31.9 Å². The van der Waals surface area contributed by atoms with Gasteiger partial charge in [-0.3, -0.25) is 0 Å². The van der Waals surface area contributed by atoms with Crippen LogP contribution in [0.25, 0.3) is 0 Å². The summed E-state index contributed by atoms with van der Waals surface area (Å²) < 4.78 is 31.7. The molecule has 7 nitrogen and oxygen atoms in total. The van der Waals surface area contributed by atoms with Crippen molar-refractivity contribution in [2.45, 2.75) is 11.0 Å². The summed E-state index contributed by atoms with van der Waals surface area (Å²) in [6, 6.07) is 3.85. The molecular formula is C12H14BrNO6S. The number of nitrogens with zero attached hydrogens (tertiary/aromatic N) is 1. The van der Waals surface area contributed by atoms with E-state index >= 15 is 0 Å². The molecular weight excluding hydrogens is 366 g/mol. The van der Waals surface area contributed by atoms with Crippen molar-refractivity contribution in [2.24, 2.45) is 0 Å². The van der Waals surface area contributed by atoms with Crippen LogP contribution in [-0.2, 0) is 14.8 Å². The molecule has 0 radical (unpaired) electrons. The number of aromatic carboxylic acids is 1. The molecule has 21 heavy (non-hydrogen) atoms. The van der Waals surface area contributed by atoms with Gasteiger partial charge in [0, 0.05) is 17.6 Å². The van der Waals surface area contributed by atoms with Crippen molar-refractivity contribution in [3.8, 4) is 0 Å². The second-order valence-electron chi connectivity index (χ2n) is 4.49. The molecule has 1 fully saturated rings. The number of carbonyl (C=O) groups is 1. The van der Waals surface area contributed by atoms with E-state index in [2.05, 4.69) is 15.9 Å². The van der Waals surface area contributed by atoms with Gasteiger partial charge in [-0.25, -0.2) is 13.2 Å².